The number of hydrogen-bond donors (Lipinski definition) is 0. The van der Waals surface area contributed by atoms with Crippen molar-refractivity contribution in [1.82, 2.24) is 4.40 Å². The van der Waals surface area contributed by atoms with Crippen molar-refractivity contribution in [1.29, 1.82) is 5.26 Å². The van der Waals surface area contributed by atoms with Crippen molar-refractivity contribution < 1.29 is 0 Å². The maximum Gasteiger partial charge on any atom is 0.102 e. The molecule has 2 nitrogen and oxygen atoms in total. The fraction of sp³-hybridized carbons (Fsp3) is 0. The lowest BCUT2D eigenvalue weighted by atomic mass is 10.2. The molecule has 1 radical (unpaired) electrons. The Morgan fingerprint density at radius 3 is 3.00 bits per heavy atom. The third-order valence-electron chi connectivity index (χ3n) is 2.60. The highest BCUT2D eigenvalue weighted by Gasteiger charge is 2.09. The molecule has 0 spiro atoms. The maximum atomic E-state index is 9.15. The molecule has 1 aromatic carbocycles. The van der Waals surface area contributed by atoms with Crippen LogP contribution >= 0.6 is 0 Å². The second kappa shape index (κ2) is 2.86. The van der Waals surface area contributed by atoms with E-state index in [9.17, 15) is 0 Å². The summed E-state index contributed by atoms with van der Waals surface area (Å²) in [6, 6.07) is 16.8. The highest BCUT2D eigenvalue weighted by Crippen LogP contribution is 2.25. The number of aromatic nitrogens is 1. The fourth-order valence-corrected chi connectivity index (χ4v) is 1.94. The summed E-state index contributed by atoms with van der Waals surface area (Å²) in [5, 5.41) is 10.1. The summed E-state index contributed by atoms with van der Waals surface area (Å²) in [5.74, 6) is 0. The van der Waals surface area contributed by atoms with E-state index in [0.29, 0.717) is 0 Å². The van der Waals surface area contributed by atoms with Crippen LogP contribution in [-0.4, -0.2) is 4.40 Å². The first-order valence-electron chi connectivity index (χ1n) is 4.71. The molecule has 0 atom stereocenters. The van der Waals surface area contributed by atoms with Crippen LogP contribution < -0.4 is 0 Å². The molecule has 0 aliphatic rings. The monoisotopic (exact) mass is 191 g/mol. The van der Waals surface area contributed by atoms with Crippen LogP contribution in [0.25, 0.3) is 16.4 Å². The number of hydrogen-bond acceptors (Lipinski definition) is 1. The molecular formula is C13H7N2. The highest BCUT2D eigenvalue weighted by molar-refractivity contribution is 5.94. The molecule has 2 heterocycles. The Labute approximate surface area is 87.0 Å². The average molecular weight is 191 g/mol. The predicted octanol–water partition coefficient (Wildman–Crippen LogP) is 2.76. The Hall–Kier alpha value is -2.27. The first-order valence-corrected chi connectivity index (χ1v) is 4.71. The van der Waals surface area contributed by atoms with Gasteiger partial charge in [-0.1, -0.05) is 18.2 Å². The quantitative estimate of drug-likeness (QED) is 0.537. The minimum atomic E-state index is 0.736. The summed E-state index contributed by atoms with van der Waals surface area (Å²) in [6.07, 6.45) is 1.96. The number of nitrogens with zero attached hydrogens (tertiary/aromatic N) is 2. The van der Waals surface area contributed by atoms with Gasteiger partial charge in [-0.2, -0.15) is 5.26 Å². The van der Waals surface area contributed by atoms with Crippen LogP contribution in [0.5, 0.6) is 0 Å². The Morgan fingerprint density at radius 1 is 1.20 bits per heavy atom. The van der Waals surface area contributed by atoms with Gasteiger partial charge in [0.15, 0.2) is 0 Å². The van der Waals surface area contributed by atoms with Gasteiger partial charge in [0, 0.05) is 11.6 Å². The lowest BCUT2D eigenvalue weighted by molar-refractivity contribution is 1.25. The second-order valence-corrected chi connectivity index (χ2v) is 3.39. The molecule has 3 aromatic rings. The van der Waals surface area contributed by atoms with Gasteiger partial charge in [-0.25, -0.2) is 0 Å². The van der Waals surface area contributed by atoms with E-state index in [-0.39, 0.29) is 0 Å². The lowest BCUT2D eigenvalue weighted by Gasteiger charge is -1.93. The van der Waals surface area contributed by atoms with Crippen LogP contribution in [0.1, 0.15) is 5.56 Å². The summed E-state index contributed by atoms with van der Waals surface area (Å²) >= 11 is 0. The van der Waals surface area contributed by atoms with E-state index in [1.54, 1.807) is 0 Å². The Morgan fingerprint density at radius 2 is 2.13 bits per heavy atom. The Kier molecular flexibility index (Phi) is 1.54. The summed E-state index contributed by atoms with van der Waals surface area (Å²) in [5.41, 5.74) is 2.72. The third-order valence-corrected chi connectivity index (χ3v) is 2.60. The minimum Gasteiger partial charge on any atom is -0.315 e. The fourth-order valence-electron chi connectivity index (χ4n) is 1.94. The highest BCUT2D eigenvalue weighted by atomic mass is 14.9. The van der Waals surface area contributed by atoms with Gasteiger partial charge in [0.2, 0.25) is 0 Å². The molecule has 3 rings (SSSR count). The molecule has 0 aliphatic heterocycles. The average Bonchev–Trinajstić information content (AvgIpc) is 2.63. The molecule has 0 unspecified atom stereocenters. The van der Waals surface area contributed by atoms with Gasteiger partial charge < -0.3 is 4.40 Å². The van der Waals surface area contributed by atoms with Crippen molar-refractivity contribution in [2.75, 3.05) is 0 Å². The zero-order chi connectivity index (χ0) is 10.3. The molecule has 0 saturated carbocycles. The van der Waals surface area contributed by atoms with Crippen molar-refractivity contribution >= 4 is 16.4 Å². The zero-order valence-electron chi connectivity index (χ0n) is 7.94. The van der Waals surface area contributed by atoms with Gasteiger partial charge in [-0.05, 0) is 24.3 Å². The lowest BCUT2D eigenvalue weighted by Crippen LogP contribution is -1.80. The maximum absolute atomic E-state index is 9.15. The van der Waals surface area contributed by atoms with Crippen molar-refractivity contribution in [3.63, 3.8) is 0 Å². The molecule has 0 aliphatic carbocycles. The topological polar surface area (TPSA) is 28.2 Å². The van der Waals surface area contributed by atoms with E-state index in [2.05, 4.69) is 12.1 Å². The van der Waals surface area contributed by atoms with Crippen LogP contribution in [0.2, 0.25) is 0 Å². The van der Waals surface area contributed by atoms with Crippen molar-refractivity contribution in [3.8, 4) is 6.07 Å². The van der Waals surface area contributed by atoms with E-state index >= 15 is 0 Å². The first kappa shape index (κ1) is 8.07. The zero-order valence-corrected chi connectivity index (χ0v) is 7.94. The number of nitriles is 1. The molecule has 0 saturated heterocycles. The first-order chi connectivity index (χ1) is 7.42. The van der Waals surface area contributed by atoms with Crippen LogP contribution in [0.3, 0.4) is 0 Å². The summed E-state index contributed by atoms with van der Waals surface area (Å²) in [4.78, 5) is 0. The SMILES string of the molecule is N#Cc1c2cc[c]cc2n2ccccc12. The van der Waals surface area contributed by atoms with Crippen LogP contribution in [0, 0.1) is 17.4 Å². The van der Waals surface area contributed by atoms with Gasteiger partial charge in [-0.3, -0.25) is 0 Å². The Balaban J connectivity index is 2.70. The molecule has 0 amide bonds. The smallest absolute Gasteiger partial charge is 0.102 e. The molecule has 0 fully saturated rings. The normalized spacial score (nSPS) is 10.6. The Bertz CT molecular complexity index is 633. The minimum absolute atomic E-state index is 0.736. The summed E-state index contributed by atoms with van der Waals surface area (Å²) < 4.78 is 2.02. The van der Waals surface area contributed by atoms with E-state index in [1.807, 2.05) is 47.0 Å². The van der Waals surface area contributed by atoms with Crippen molar-refractivity contribution in [2.45, 2.75) is 0 Å². The largest absolute Gasteiger partial charge is 0.315 e. The molecule has 0 N–H and O–H groups in total. The molecule has 69 valence electrons. The summed E-state index contributed by atoms with van der Waals surface area (Å²) in [7, 11) is 0. The van der Waals surface area contributed by atoms with E-state index in [4.69, 9.17) is 5.26 Å². The van der Waals surface area contributed by atoms with Crippen LogP contribution in [-0.2, 0) is 0 Å². The second-order valence-electron chi connectivity index (χ2n) is 3.39. The summed E-state index contributed by atoms with van der Waals surface area (Å²) in [6.45, 7) is 0. The van der Waals surface area contributed by atoms with Crippen molar-refractivity contribution in [2.24, 2.45) is 0 Å². The molecular weight excluding hydrogens is 184 g/mol. The number of rotatable bonds is 0. The van der Waals surface area contributed by atoms with Crippen molar-refractivity contribution in [3.05, 3.63) is 54.2 Å². The molecule has 15 heavy (non-hydrogen) atoms. The number of fused-ring (bicyclic) bond motifs is 3. The van der Waals surface area contributed by atoms with Gasteiger partial charge >= 0.3 is 0 Å². The predicted molar refractivity (Wildman–Crippen MR) is 58.5 cm³/mol. The van der Waals surface area contributed by atoms with E-state index in [1.165, 1.54) is 0 Å². The van der Waals surface area contributed by atoms with Gasteiger partial charge in [-0.15, -0.1) is 0 Å². The van der Waals surface area contributed by atoms with E-state index < -0.39 is 0 Å². The molecule has 2 heteroatoms. The standard InChI is InChI=1S/C13H7N2/c14-9-11-10-5-1-2-6-12(10)15-8-4-3-7-13(11)15/h1,3-8H. The van der Waals surface area contributed by atoms with Crippen LogP contribution in [0.4, 0.5) is 0 Å². The molecule has 2 aromatic heterocycles. The number of pyridine rings is 1. The van der Waals surface area contributed by atoms with Gasteiger partial charge in [0.1, 0.15) is 6.07 Å². The van der Waals surface area contributed by atoms with Crippen LogP contribution in [0.15, 0.2) is 42.6 Å². The number of benzene rings is 1. The van der Waals surface area contributed by atoms with Gasteiger partial charge in [0.05, 0.1) is 16.6 Å². The third kappa shape index (κ3) is 0.976. The van der Waals surface area contributed by atoms with E-state index in [0.717, 1.165) is 22.0 Å². The molecule has 0 bridgehead atoms. The van der Waals surface area contributed by atoms with Gasteiger partial charge in [0.25, 0.3) is 0 Å².